The van der Waals surface area contributed by atoms with E-state index in [1.807, 2.05) is 36.3 Å². The number of amides is 1. The summed E-state index contributed by atoms with van der Waals surface area (Å²) in [6.07, 6.45) is 3.75. The van der Waals surface area contributed by atoms with Gasteiger partial charge in [0.15, 0.2) is 0 Å². The molecule has 1 aliphatic rings. The first-order chi connectivity index (χ1) is 9.06. The molecule has 19 heavy (non-hydrogen) atoms. The first-order valence-electron chi connectivity index (χ1n) is 6.52. The van der Waals surface area contributed by atoms with Gasteiger partial charge in [0.25, 0.3) is 0 Å². The maximum atomic E-state index is 11.2. The average Bonchev–Trinajstić information content (AvgIpc) is 2.40. The van der Waals surface area contributed by atoms with E-state index in [1.54, 1.807) is 6.92 Å². The highest BCUT2D eigenvalue weighted by Gasteiger charge is 2.18. The van der Waals surface area contributed by atoms with Gasteiger partial charge in [-0.3, -0.25) is 9.69 Å². The van der Waals surface area contributed by atoms with Crippen LogP contribution in [0, 0.1) is 0 Å². The van der Waals surface area contributed by atoms with Gasteiger partial charge in [-0.1, -0.05) is 0 Å². The second-order valence-electron chi connectivity index (χ2n) is 5.07. The van der Waals surface area contributed by atoms with E-state index in [1.165, 1.54) is 0 Å². The Kier molecular flexibility index (Phi) is 4.31. The molecule has 1 aromatic rings. The van der Waals surface area contributed by atoms with Gasteiger partial charge in [-0.05, 0) is 0 Å². The first-order valence-corrected chi connectivity index (χ1v) is 6.52. The topological polar surface area (TPSA) is 52.6 Å². The summed E-state index contributed by atoms with van der Waals surface area (Å²) in [7, 11) is 3.85. The normalized spacial score (nSPS) is 16.5. The van der Waals surface area contributed by atoms with E-state index in [-0.39, 0.29) is 5.91 Å². The zero-order chi connectivity index (χ0) is 13.8. The minimum atomic E-state index is 0.165. The average molecular weight is 263 g/mol. The van der Waals surface area contributed by atoms with Gasteiger partial charge in [0.05, 0.1) is 0 Å². The van der Waals surface area contributed by atoms with Gasteiger partial charge in [0.2, 0.25) is 11.9 Å². The molecule has 0 atom stereocenters. The Morgan fingerprint density at radius 3 is 2.26 bits per heavy atom. The Bertz CT molecular complexity index is 423. The molecule has 1 saturated heterocycles. The van der Waals surface area contributed by atoms with Crippen molar-refractivity contribution >= 4 is 11.9 Å². The van der Waals surface area contributed by atoms with Gasteiger partial charge in [0.1, 0.15) is 0 Å². The standard InChI is InChI=1S/C13H21N5O/c1-11(19)18-6-4-17(5-7-18)10-12-8-14-13(15-9-12)16(2)3/h8-9H,4-7,10H2,1-3H3. The van der Waals surface area contributed by atoms with Gasteiger partial charge in [0, 0.05) is 71.7 Å². The molecule has 0 spiro atoms. The molecule has 1 aromatic heterocycles. The molecule has 0 saturated carbocycles. The summed E-state index contributed by atoms with van der Waals surface area (Å²) in [4.78, 5) is 26.0. The van der Waals surface area contributed by atoms with Crippen LogP contribution in [-0.4, -0.2) is 65.9 Å². The Morgan fingerprint density at radius 1 is 1.21 bits per heavy atom. The van der Waals surface area contributed by atoms with Gasteiger partial charge >= 0.3 is 0 Å². The van der Waals surface area contributed by atoms with Crippen molar-refractivity contribution in [2.75, 3.05) is 45.2 Å². The minimum absolute atomic E-state index is 0.165. The van der Waals surface area contributed by atoms with Crippen LogP contribution in [-0.2, 0) is 11.3 Å². The van der Waals surface area contributed by atoms with Crippen LogP contribution in [0.25, 0.3) is 0 Å². The van der Waals surface area contributed by atoms with E-state index in [2.05, 4.69) is 14.9 Å². The number of rotatable bonds is 3. The largest absolute Gasteiger partial charge is 0.347 e. The van der Waals surface area contributed by atoms with Crippen LogP contribution in [0.5, 0.6) is 0 Å². The second-order valence-corrected chi connectivity index (χ2v) is 5.07. The van der Waals surface area contributed by atoms with Crippen LogP contribution in [0.15, 0.2) is 12.4 Å². The van der Waals surface area contributed by atoms with E-state index < -0.39 is 0 Å². The molecule has 2 rings (SSSR count). The van der Waals surface area contributed by atoms with Gasteiger partial charge < -0.3 is 9.80 Å². The van der Waals surface area contributed by atoms with Crippen LogP contribution in [0.2, 0.25) is 0 Å². The fourth-order valence-electron chi connectivity index (χ4n) is 2.14. The van der Waals surface area contributed by atoms with Crippen molar-refractivity contribution < 1.29 is 4.79 Å². The highest BCUT2D eigenvalue weighted by molar-refractivity contribution is 5.73. The van der Waals surface area contributed by atoms with Crippen LogP contribution in [0.1, 0.15) is 12.5 Å². The Balaban J connectivity index is 1.87. The molecular formula is C13H21N5O. The maximum absolute atomic E-state index is 11.2. The van der Waals surface area contributed by atoms with Crippen molar-refractivity contribution in [2.24, 2.45) is 0 Å². The summed E-state index contributed by atoms with van der Waals surface area (Å²) < 4.78 is 0. The molecule has 0 radical (unpaired) electrons. The summed E-state index contributed by atoms with van der Waals surface area (Å²) in [6, 6.07) is 0. The molecular weight excluding hydrogens is 242 g/mol. The first kappa shape index (κ1) is 13.7. The summed E-state index contributed by atoms with van der Waals surface area (Å²) in [6.45, 7) is 5.92. The van der Waals surface area contributed by atoms with Crippen molar-refractivity contribution in [3.8, 4) is 0 Å². The van der Waals surface area contributed by atoms with Crippen molar-refractivity contribution in [3.05, 3.63) is 18.0 Å². The SMILES string of the molecule is CC(=O)N1CCN(Cc2cnc(N(C)C)nc2)CC1. The summed E-state index contributed by atoms with van der Waals surface area (Å²) >= 11 is 0. The number of piperazine rings is 1. The maximum Gasteiger partial charge on any atom is 0.224 e. The molecule has 104 valence electrons. The zero-order valence-corrected chi connectivity index (χ0v) is 11.8. The van der Waals surface area contributed by atoms with Crippen molar-refractivity contribution in [1.29, 1.82) is 0 Å². The molecule has 0 unspecified atom stereocenters. The number of carbonyl (C=O) groups excluding carboxylic acids is 1. The number of hydrogen-bond donors (Lipinski definition) is 0. The molecule has 1 amide bonds. The predicted molar refractivity (Wildman–Crippen MR) is 73.9 cm³/mol. The van der Waals surface area contributed by atoms with E-state index in [4.69, 9.17) is 0 Å². The number of aromatic nitrogens is 2. The Labute approximate surface area is 114 Å². The third-order valence-electron chi connectivity index (χ3n) is 3.32. The van der Waals surface area contributed by atoms with E-state index in [0.717, 1.165) is 44.2 Å². The monoisotopic (exact) mass is 263 g/mol. The van der Waals surface area contributed by atoms with Gasteiger partial charge in [-0.25, -0.2) is 9.97 Å². The highest BCUT2D eigenvalue weighted by atomic mass is 16.2. The van der Waals surface area contributed by atoms with Crippen LogP contribution < -0.4 is 4.90 Å². The second kappa shape index (κ2) is 5.97. The van der Waals surface area contributed by atoms with Crippen LogP contribution >= 0.6 is 0 Å². The molecule has 0 N–H and O–H groups in total. The number of anilines is 1. The molecule has 0 aromatic carbocycles. The summed E-state index contributed by atoms with van der Waals surface area (Å²) in [5.41, 5.74) is 1.11. The third kappa shape index (κ3) is 3.64. The summed E-state index contributed by atoms with van der Waals surface area (Å²) in [5.74, 6) is 0.892. The van der Waals surface area contributed by atoms with E-state index in [0.29, 0.717) is 0 Å². The van der Waals surface area contributed by atoms with Crippen molar-refractivity contribution in [3.63, 3.8) is 0 Å². The number of nitrogens with zero attached hydrogens (tertiary/aromatic N) is 5. The minimum Gasteiger partial charge on any atom is -0.347 e. The Hall–Kier alpha value is -1.69. The highest BCUT2D eigenvalue weighted by Crippen LogP contribution is 2.09. The van der Waals surface area contributed by atoms with Crippen molar-refractivity contribution in [1.82, 2.24) is 19.8 Å². The smallest absolute Gasteiger partial charge is 0.224 e. The molecule has 6 heteroatoms. The summed E-state index contributed by atoms with van der Waals surface area (Å²) in [5, 5.41) is 0. The molecule has 1 fully saturated rings. The number of hydrogen-bond acceptors (Lipinski definition) is 5. The lowest BCUT2D eigenvalue weighted by atomic mass is 10.2. The van der Waals surface area contributed by atoms with E-state index >= 15 is 0 Å². The molecule has 6 nitrogen and oxygen atoms in total. The quantitative estimate of drug-likeness (QED) is 0.780. The van der Waals surface area contributed by atoms with Crippen molar-refractivity contribution in [2.45, 2.75) is 13.5 Å². The lowest BCUT2D eigenvalue weighted by Crippen LogP contribution is -2.47. The fourth-order valence-corrected chi connectivity index (χ4v) is 2.14. The predicted octanol–water partition coefficient (Wildman–Crippen LogP) is 0.207. The zero-order valence-electron chi connectivity index (χ0n) is 11.8. The molecule has 1 aliphatic heterocycles. The van der Waals surface area contributed by atoms with E-state index in [9.17, 15) is 4.79 Å². The fraction of sp³-hybridized carbons (Fsp3) is 0.615. The van der Waals surface area contributed by atoms with Gasteiger partial charge in [-0.15, -0.1) is 0 Å². The van der Waals surface area contributed by atoms with Crippen LogP contribution in [0.4, 0.5) is 5.95 Å². The molecule has 0 bridgehead atoms. The molecule has 0 aliphatic carbocycles. The third-order valence-corrected chi connectivity index (χ3v) is 3.32. The van der Waals surface area contributed by atoms with Gasteiger partial charge in [-0.2, -0.15) is 0 Å². The lowest BCUT2D eigenvalue weighted by Gasteiger charge is -2.34. The van der Waals surface area contributed by atoms with Crippen LogP contribution in [0.3, 0.4) is 0 Å². The molecule has 2 heterocycles. The number of carbonyl (C=O) groups is 1. The lowest BCUT2D eigenvalue weighted by molar-refractivity contribution is -0.130. The Morgan fingerprint density at radius 2 is 1.79 bits per heavy atom.